The Morgan fingerprint density at radius 1 is 1.11 bits per heavy atom. The SMILES string of the molecule is CCCCCc1nc2cc(OC)c(OC)cc2[nH]1. The lowest BCUT2D eigenvalue weighted by atomic mass is 10.2. The molecule has 4 heteroatoms. The Labute approximate surface area is 107 Å². The lowest BCUT2D eigenvalue weighted by Gasteiger charge is -2.06. The van der Waals surface area contributed by atoms with Crippen LogP contribution in [0.5, 0.6) is 11.5 Å². The van der Waals surface area contributed by atoms with E-state index >= 15 is 0 Å². The molecule has 0 aliphatic rings. The molecular formula is C14H20N2O2. The zero-order chi connectivity index (χ0) is 13.0. The van der Waals surface area contributed by atoms with Gasteiger partial charge in [0.05, 0.1) is 25.3 Å². The van der Waals surface area contributed by atoms with Crippen LogP contribution in [0.15, 0.2) is 12.1 Å². The zero-order valence-corrected chi connectivity index (χ0v) is 11.2. The first-order chi connectivity index (χ1) is 8.78. The molecule has 1 aromatic heterocycles. The fraction of sp³-hybridized carbons (Fsp3) is 0.500. The molecule has 4 nitrogen and oxygen atoms in total. The van der Waals surface area contributed by atoms with E-state index in [0.29, 0.717) is 0 Å². The van der Waals surface area contributed by atoms with E-state index in [1.54, 1.807) is 14.2 Å². The molecule has 0 amide bonds. The number of unbranched alkanes of at least 4 members (excludes halogenated alkanes) is 2. The van der Waals surface area contributed by atoms with Gasteiger partial charge in [-0.2, -0.15) is 0 Å². The number of nitrogens with one attached hydrogen (secondary N) is 1. The highest BCUT2D eigenvalue weighted by atomic mass is 16.5. The number of H-pyrrole nitrogens is 1. The predicted molar refractivity (Wildman–Crippen MR) is 72.4 cm³/mol. The van der Waals surface area contributed by atoms with Crippen LogP contribution in [0, 0.1) is 0 Å². The van der Waals surface area contributed by atoms with Crippen LogP contribution >= 0.6 is 0 Å². The number of hydrogen-bond acceptors (Lipinski definition) is 3. The smallest absolute Gasteiger partial charge is 0.163 e. The molecule has 0 aliphatic carbocycles. The van der Waals surface area contributed by atoms with Crippen LogP contribution < -0.4 is 9.47 Å². The molecule has 0 aliphatic heterocycles. The molecule has 0 fully saturated rings. The second kappa shape index (κ2) is 5.76. The maximum absolute atomic E-state index is 5.28. The van der Waals surface area contributed by atoms with E-state index in [4.69, 9.17) is 9.47 Å². The summed E-state index contributed by atoms with van der Waals surface area (Å²) in [6, 6.07) is 3.85. The molecule has 2 aromatic rings. The number of nitrogens with zero attached hydrogens (tertiary/aromatic N) is 1. The molecule has 0 spiro atoms. The number of aromatic nitrogens is 2. The van der Waals surface area contributed by atoms with E-state index in [2.05, 4.69) is 16.9 Å². The third-order valence-electron chi connectivity index (χ3n) is 3.05. The average Bonchev–Trinajstić information content (AvgIpc) is 2.78. The first kappa shape index (κ1) is 12.7. The summed E-state index contributed by atoms with van der Waals surface area (Å²) in [6.07, 6.45) is 4.63. The fourth-order valence-corrected chi connectivity index (χ4v) is 2.05. The van der Waals surface area contributed by atoms with E-state index in [9.17, 15) is 0 Å². The van der Waals surface area contributed by atoms with Crippen LogP contribution in [-0.2, 0) is 6.42 Å². The number of fused-ring (bicyclic) bond motifs is 1. The molecule has 98 valence electrons. The van der Waals surface area contributed by atoms with E-state index < -0.39 is 0 Å². The highest BCUT2D eigenvalue weighted by Crippen LogP contribution is 2.31. The van der Waals surface area contributed by atoms with Crippen molar-refractivity contribution in [3.8, 4) is 11.5 Å². The normalized spacial score (nSPS) is 10.8. The molecule has 0 radical (unpaired) electrons. The molecule has 2 rings (SSSR count). The lowest BCUT2D eigenvalue weighted by Crippen LogP contribution is -1.89. The highest BCUT2D eigenvalue weighted by molar-refractivity contribution is 5.79. The molecule has 0 bridgehead atoms. The average molecular weight is 248 g/mol. The summed E-state index contributed by atoms with van der Waals surface area (Å²) < 4.78 is 10.6. The minimum Gasteiger partial charge on any atom is -0.493 e. The van der Waals surface area contributed by atoms with Gasteiger partial charge in [-0.1, -0.05) is 19.8 Å². The van der Waals surface area contributed by atoms with Gasteiger partial charge >= 0.3 is 0 Å². The molecule has 0 saturated carbocycles. The second-order valence-corrected chi connectivity index (χ2v) is 4.36. The maximum atomic E-state index is 5.28. The molecule has 1 N–H and O–H groups in total. The Hall–Kier alpha value is -1.71. The Balaban J connectivity index is 2.27. The van der Waals surface area contributed by atoms with E-state index in [1.807, 2.05) is 12.1 Å². The molecule has 0 unspecified atom stereocenters. The minimum absolute atomic E-state index is 0.719. The standard InChI is InChI=1S/C14H20N2O2/c1-4-5-6-7-14-15-10-8-12(17-2)13(18-3)9-11(10)16-14/h8-9H,4-7H2,1-3H3,(H,15,16). The molecule has 0 atom stereocenters. The summed E-state index contributed by atoms with van der Waals surface area (Å²) >= 11 is 0. The van der Waals surface area contributed by atoms with Crippen LogP contribution in [0.3, 0.4) is 0 Å². The summed E-state index contributed by atoms with van der Waals surface area (Å²) in [6.45, 7) is 2.20. The van der Waals surface area contributed by atoms with Gasteiger partial charge in [0.1, 0.15) is 5.82 Å². The number of methoxy groups -OCH3 is 2. The van der Waals surface area contributed by atoms with Gasteiger partial charge in [-0.15, -0.1) is 0 Å². The fourth-order valence-electron chi connectivity index (χ4n) is 2.05. The number of imidazole rings is 1. The number of aryl methyl sites for hydroxylation is 1. The van der Waals surface area contributed by atoms with Gasteiger partial charge in [0.15, 0.2) is 11.5 Å². The van der Waals surface area contributed by atoms with Crippen molar-refractivity contribution in [3.05, 3.63) is 18.0 Å². The van der Waals surface area contributed by atoms with Crippen LogP contribution in [0.1, 0.15) is 32.0 Å². The zero-order valence-electron chi connectivity index (χ0n) is 11.2. The van der Waals surface area contributed by atoms with Gasteiger partial charge < -0.3 is 14.5 Å². The van der Waals surface area contributed by atoms with Gasteiger partial charge in [0, 0.05) is 18.6 Å². The van der Waals surface area contributed by atoms with Gasteiger partial charge in [-0.05, 0) is 6.42 Å². The number of aromatic amines is 1. The van der Waals surface area contributed by atoms with Crippen molar-refractivity contribution in [2.24, 2.45) is 0 Å². The number of ether oxygens (including phenoxy) is 2. The quantitative estimate of drug-likeness (QED) is 0.798. The van der Waals surface area contributed by atoms with Crippen molar-refractivity contribution in [3.63, 3.8) is 0 Å². The molecule has 1 heterocycles. The van der Waals surface area contributed by atoms with E-state index in [-0.39, 0.29) is 0 Å². The highest BCUT2D eigenvalue weighted by Gasteiger charge is 2.09. The predicted octanol–water partition coefficient (Wildman–Crippen LogP) is 3.31. The maximum Gasteiger partial charge on any atom is 0.163 e. The van der Waals surface area contributed by atoms with Crippen molar-refractivity contribution in [1.82, 2.24) is 9.97 Å². The van der Waals surface area contributed by atoms with Gasteiger partial charge in [0.2, 0.25) is 0 Å². The first-order valence-corrected chi connectivity index (χ1v) is 6.39. The van der Waals surface area contributed by atoms with Crippen molar-refractivity contribution in [1.29, 1.82) is 0 Å². The summed E-state index contributed by atoms with van der Waals surface area (Å²) in [5, 5.41) is 0. The Morgan fingerprint density at radius 3 is 2.50 bits per heavy atom. The third kappa shape index (κ3) is 2.58. The largest absolute Gasteiger partial charge is 0.493 e. The summed E-state index contributed by atoms with van der Waals surface area (Å²) in [7, 11) is 3.28. The van der Waals surface area contributed by atoms with Gasteiger partial charge in [-0.3, -0.25) is 0 Å². The molecule has 1 aromatic carbocycles. The van der Waals surface area contributed by atoms with E-state index in [1.165, 1.54) is 19.3 Å². The minimum atomic E-state index is 0.719. The van der Waals surface area contributed by atoms with Crippen LogP contribution in [0.25, 0.3) is 11.0 Å². The number of hydrogen-bond donors (Lipinski definition) is 1. The van der Waals surface area contributed by atoms with Crippen LogP contribution in [0.4, 0.5) is 0 Å². The van der Waals surface area contributed by atoms with Crippen LogP contribution in [-0.4, -0.2) is 24.2 Å². The van der Waals surface area contributed by atoms with Gasteiger partial charge in [-0.25, -0.2) is 4.98 Å². The summed E-state index contributed by atoms with van der Waals surface area (Å²) in [5.41, 5.74) is 1.93. The Morgan fingerprint density at radius 2 is 1.83 bits per heavy atom. The third-order valence-corrected chi connectivity index (χ3v) is 3.05. The van der Waals surface area contributed by atoms with Crippen molar-refractivity contribution >= 4 is 11.0 Å². The summed E-state index contributed by atoms with van der Waals surface area (Å²) in [5.74, 6) is 2.49. The first-order valence-electron chi connectivity index (χ1n) is 6.39. The van der Waals surface area contributed by atoms with Crippen molar-refractivity contribution in [2.45, 2.75) is 32.6 Å². The van der Waals surface area contributed by atoms with Crippen molar-refractivity contribution in [2.75, 3.05) is 14.2 Å². The second-order valence-electron chi connectivity index (χ2n) is 4.36. The summed E-state index contributed by atoms with van der Waals surface area (Å²) in [4.78, 5) is 7.91. The molecular weight excluding hydrogens is 228 g/mol. The lowest BCUT2D eigenvalue weighted by molar-refractivity contribution is 0.356. The number of rotatable bonds is 6. The molecule has 18 heavy (non-hydrogen) atoms. The van der Waals surface area contributed by atoms with Crippen molar-refractivity contribution < 1.29 is 9.47 Å². The van der Waals surface area contributed by atoms with Crippen LogP contribution in [0.2, 0.25) is 0 Å². The topological polar surface area (TPSA) is 47.1 Å². The Bertz CT molecular complexity index is 479. The van der Waals surface area contributed by atoms with E-state index in [0.717, 1.165) is 34.8 Å². The van der Waals surface area contributed by atoms with Gasteiger partial charge in [0.25, 0.3) is 0 Å². The Kier molecular flexibility index (Phi) is 4.07. The monoisotopic (exact) mass is 248 g/mol. The molecule has 0 saturated heterocycles. The number of benzene rings is 1.